The maximum Gasteiger partial charge on any atom is 0.219 e. The van der Waals surface area contributed by atoms with E-state index in [9.17, 15) is 4.79 Å². The van der Waals surface area contributed by atoms with Gasteiger partial charge in [-0.25, -0.2) is 0 Å². The van der Waals surface area contributed by atoms with Crippen LogP contribution in [0, 0.1) is 5.41 Å². The second-order valence-electron chi connectivity index (χ2n) is 11.2. The van der Waals surface area contributed by atoms with Crippen molar-refractivity contribution in [3.05, 3.63) is 0 Å². The van der Waals surface area contributed by atoms with Crippen LogP contribution in [0.25, 0.3) is 0 Å². The monoisotopic (exact) mass is 467 g/mol. The SMILES string of the molecule is CCCCCCCCCCCCCCCCCCCCCC(=O)NCCCC(C)(C)CCO. The number of carbonyl (C=O) groups is 1. The van der Waals surface area contributed by atoms with Crippen molar-refractivity contribution < 1.29 is 9.90 Å². The third-order valence-corrected chi connectivity index (χ3v) is 7.15. The minimum atomic E-state index is 0.173. The molecule has 1 amide bonds. The highest BCUT2D eigenvalue weighted by molar-refractivity contribution is 5.75. The van der Waals surface area contributed by atoms with Crippen LogP contribution in [0.15, 0.2) is 0 Å². The van der Waals surface area contributed by atoms with E-state index in [4.69, 9.17) is 5.11 Å². The standard InChI is InChI=1S/C30H61NO2/c1-4-5-6-7-8-9-10-11-12-13-14-15-16-17-18-19-20-21-22-24-29(33)31-27-23-25-30(2,3)26-28-32/h32H,4-28H2,1-3H3,(H,31,33). The van der Waals surface area contributed by atoms with E-state index in [2.05, 4.69) is 26.1 Å². The van der Waals surface area contributed by atoms with E-state index in [0.29, 0.717) is 6.42 Å². The molecule has 0 rings (SSSR count). The lowest BCUT2D eigenvalue weighted by molar-refractivity contribution is -0.121. The van der Waals surface area contributed by atoms with Crippen LogP contribution in [0.1, 0.15) is 168 Å². The molecule has 0 bridgehead atoms. The van der Waals surface area contributed by atoms with Crippen molar-refractivity contribution in [1.82, 2.24) is 5.32 Å². The Balaban J connectivity index is 3.21. The van der Waals surface area contributed by atoms with Crippen LogP contribution in [0.2, 0.25) is 0 Å². The Morgan fingerprint density at radius 2 is 1.00 bits per heavy atom. The normalized spacial score (nSPS) is 11.8. The van der Waals surface area contributed by atoms with Gasteiger partial charge in [-0.05, 0) is 31.1 Å². The number of nitrogens with one attached hydrogen (secondary N) is 1. The Morgan fingerprint density at radius 3 is 1.39 bits per heavy atom. The fourth-order valence-electron chi connectivity index (χ4n) is 4.67. The molecule has 0 atom stereocenters. The van der Waals surface area contributed by atoms with Gasteiger partial charge < -0.3 is 10.4 Å². The smallest absolute Gasteiger partial charge is 0.219 e. The molecule has 0 fully saturated rings. The number of hydrogen-bond acceptors (Lipinski definition) is 2. The topological polar surface area (TPSA) is 49.3 Å². The first-order valence-corrected chi connectivity index (χ1v) is 14.9. The largest absolute Gasteiger partial charge is 0.396 e. The van der Waals surface area contributed by atoms with Crippen molar-refractivity contribution in [2.24, 2.45) is 5.41 Å². The van der Waals surface area contributed by atoms with Gasteiger partial charge in [0.25, 0.3) is 0 Å². The van der Waals surface area contributed by atoms with E-state index in [0.717, 1.165) is 32.2 Å². The predicted octanol–water partition coefficient (Wildman–Crippen LogP) is 9.11. The van der Waals surface area contributed by atoms with E-state index in [1.807, 2.05) is 0 Å². The first kappa shape index (κ1) is 32.4. The molecule has 0 radical (unpaired) electrons. The molecule has 0 aliphatic heterocycles. The number of unbranched alkanes of at least 4 members (excludes halogenated alkanes) is 18. The molecule has 0 aromatic rings. The predicted molar refractivity (Wildman–Crippen MR) is 146 cm³/mol. The summed E-state index contributed by atoms with van der Waals surface area (Å²) in [6.07, 6.45) is 29.8. The minimum Gasteiger partial charge on any atom is -0.396 e. The highest BCUT2D eigenvalue weighted by Crippen LogP contribution is 2.25. The zero-order chi connectivity index (χ0) is 24.5. The molecule has 3 heteroatoms. The molecule has 2 N–H and O–H groups in total. The summed E-state index contributed by atoms with van der Waals surface area (Å²) < 4.78 is 0. The van der Waals surface area contributed by atoms with Gasteiger partial charge in [-0.1, -0.05) is 136 Å². The molecular formula is C30H61NO2. The molecule has 0 aliphatic rings. The highest BCUT2D eigenvalue weighted by atomic mass is 16.3. The summed E-state index contributed by atoms with van der Waals surface area (Å²) in [5, 5.41) is 12.1. The summed E-state index contributed by atoms with van der Waals surface area (Å²) in [4.78, 5) is 11.9. The third kappa shape index (κ3) is 25.9. The number of carbonyl (C=O) groups excluding carboxylic acids is 1. The van der Waals surface area contributed by atoms with E-state index < -0.39 is 0 Å². The number of hydrogen-bond donors (Lipinski definition) is 2. The summed E-state index contributed by atoms with van der Waals surface area (Å²) in [6, 6.07) is 0. The fraction of sp³-hybridized carbons (Fsp3) is 0.967. The van der Waals surface area contributed by atoms with Crippen LogP contribution in [0.4, 0.5) is 0 Å². The van der Waals surface area contributed by atoms with E-state index in [1.54, 1.807) is 0 Å². The molecule has 3 nitrogen and oxygen atoms in total. The molecule has 0 unspecified atom stereocenters. The molecule has 0 saturated heterocycles. The Morgan fingerprint density at radius 1 is 0.606 bits per heavy atom. The number of rotatable bonds is 26. The Bertz CT molecular complexity index is 408. The van der Waals surface area contributed by atoms with Gasteiger partial charge in [-0.3, -0.25) is 4.79 Å². The van der Waals surface area contributed by atoms with Gasteiger partial charge >= 0.3 is 0 Å². The van der Waals surface area contributed by atoms with Crippen molar-refractivity contribution in [2.75, 3.05) is 13.2 Å². The van der Waals surface area contributed by atoms with Gasteiger partial charge in [0.15, 0.2) is 0 Å². The molecule has 0 aromatic carbocycles. The summed E-state index contributed by atoms with van der Waals surface area (Å²) >= 11 is 0. The van der Waals surface area contributed by atoms with Crippen LogP contribution in [-0.4, -0.2) is 24.2 Å². The third-order valence-electron chi connectivity index (χ3n) is 7.15. The van der Waals surface area contributed by atoms with Crippen LogP contribution in [0.5, 0.6) is 0 Å². The van der Waals surface area contributed by atoms with Gasteiger partial charge in [0, 0.05) is 19.6 Å². The van der Waals surface area contributed by atoms with Gasteiger partial charge in [0.05, 0.1) is 0 Å². The van der Waals surface area contributed by atoms with Crippen LogP contribution in [-0.2, 0) is 4.79 Å². The van der Waals surface area contributed by atoms with Crippen molar-refractivity contribution in [2.45, 2.75) is 168 Å². The van der Waals surface area contributed by atoms with Crippen molar-refractivity contribution in [3.63, 3.8) is 0 Å². The molecule has 0 aromatic heterocycles. The summed E-state index contributed by atoms with van der Waals surface area (Å²) in [6.45, 7) is 7.68. The van der Waals surface area contributed by atoms with Gasteiger partial charge in [0.2, 0.25) is 5.91 Å². The zero-order valence-corrected chi connectivity index (χ0v) is 23.0. The highest BCUT2D eigenvalue weighted by Gasteiger charge is 2.16. The van der Waals surface area contributed by atoms with Gasteiger partial charge in [-0.2, -0.15) is 0 Å². The van der Waals surface area contributed by atoms with Gasteiger partial charge in [0.1, 0.15) is 0 Å². The Hall–Kier alpha value is -0.570. The number of amides is 1. The average molecular weight is 468 g/mol. The first-order valence-electron chi connectivity index (χ1n) is 14.9. The maximum absolute atomic E-state index is 11.9. The van der Waals surface area contributed by atoms with E-state index >= 15 is 0 Å². The van der Waals surface area contributed by atoms with Crippen LogP contribution >= 0.6 is 0 Å². The quantitative estimate of drug-likeness (QED) is 0.125. The zero-order valence-electron chi connectivity index (χ0n) is 23.0. The average Bonchev–Trinajstić information content (AvgIpc) is 2.78. The molecule has 0 saturated carbocycles. The lowest BCUT2D eigenvalue weighted by Crippen LogP contribution is -2.25. The second kappa shape index (κ2) is 24.6. The van der Waals surface area contributed by atoms with Crippen LogP contribution < -0.4 is 5.32 Å². The molecule has 0 aliphatic carbocycles. The summed E-state index contributed by atoms with van der Waals surface area (Å²) in [7, 11) is 0. The number of aliphatic hydroxyl groups excluding tert-OH is 1. The lowest BCUT2D eigenvalue weighted by Gasteiger charge is -2.23. The number of aliphatic hydroxyl groups is 1. The van der Waals surface area contributed by atoms with Crippen molar-refractivity contribution >= 4 is 5.91 Å². The van der Waals surface area contributed by atoms with E-state index in [-0.39, 0.29) is 17.9 Å². The lowest BCUT2D eigenvalue weighted by atomic mass is 9.85. The van der Waals surface area contributed by atoms with Crippen LogP contribution in [0.3, 0.4) is 0 Å². The second-order valence-corrected chi connectivity index (χ2v) is 11.2. The van der Waals surface area contributed by atoms with Gasteiger partial charge in [-0.15, -0.1) is 0 Å². The Labute approximate surface area is 208 Å². The molecule has 0 heterocycles. The Kier molecular flexibility index (Phi) is 24.1. The summed E-state index contributed by atoms with van der Waals surface area (Å²) in [5.74, 6) is 0.210. The minimum absolute atomic E-state index is 0.173. The van der Waals surface area contributed by atoms with E-state index in [1.165, 1.54) is 116 Å². The molecule has 0 spiro atoms. The fourth-order valence-corrected chi connectivity index (χ4v) is 4.67. The molecular weight excluding hydrogens is 406 g/mol. The summed E-state index contributed by atoms with van der Waals surface area (Å²) in [5.41, 5.74) is 0.173. The van der Waals surface area contributed by atoms with Crippen molar-refractivity contribution in [3.8, 4) is 0 Å². The molecule has 198 valence electrons. The first-order chi connectivity index (χ1) is 16.0. The molecule has 33 heavy (non-hydrogen) atoms. The van der Waals surface area contributed by atoms with Crippen molar-refractivity contribution in [1.29, 1.82) is 0 Å². The maximum atomic E-state index is 11.9.